The van der Waals surface area contributed by atoms with Crippen molar-refractivity contribution in [2.75, 3.05) is 0 Å². The number of carbonyl (C=O) groups is 1. The summed E-state index contributed by atoms with van der Waals surface area (Å²) in [6.45, 7) is 9.50. The normalized spacial score (nSPS) is 20.4. The lowest BCUT2D eigenvalue weighted by Crippen LogP contribution is -2.55. The summed E-state index contributed by atoms with van der Waals surface area (Å²) in [5, 5.41) is 1.52. The molecule has 144 valence electrons. The van der Waals surface area contributed by atoms with E-state index in [4.69, 9.17) is 4.74 Å². The smallest absolute Gasteiger partial charge is 0.191 e. The lowest BCUT2D eigenvalue weighted by atomic mass is 10.0. The zero-order valence-corrected chi connectivity index (χ0v) is 18.0. The Labute approximate surface area is 165 Å². The summed E-state index contributed by atoms with van der Waals surface area (Å²) < 4.78 is 6.34. The lowest BCUT2D eigenvalue weighted by Gasteiger charge is -2.41. The van der Waals surface area contributed by atoms with Gasteiger partial charge < -0.3 is 4.74 Å². The predicted octanol–water partition coefficient (Wildman–Crippen LogP) is 5.59. The van der Waals surface area contributed by atoms with E-state index >= 15 is 0 Å². The van der Waals surface area contributed by atoms with Crippen molar-refractivity contribution in [2.45, 2.75) is 69.9 Å². The molecule has 1 fully saturated rings. The fraction of sp³-hybridized carbons (Fsp3) is 0.458. The Kier molecular flexibility index (Phi) is 6.33. The highest BCUT2D eigenvalue weighted by Gasteiger charge is 2.45. The van der Waals surface area contributed by atoms with Crippen molar-refractivity contribution in [3.05, 3.63) is 66.2 Å². The first kappa shape index (κ1) is 20.0. The van der Waals surface area contributed by atoms with Crippen LogP contribution in [0.4, 0.5) is 0 Å². The van der Waals surface area contributed by atoms with Gasteiger partial charge in [0, 0.05) is 5.56 Å². The molecule has 2 aromatic carbocycles. The third-order valence-corrected chi connectivity index (χ3v) is 13.1. The molecule has 1 aliphatic heterocycles. The fourth-order valence-corrected chi connectivity index (χ4v) is 10.6. The molecule has 2 nitrogen and oxygen atoms in total. The summed E-state index contributed by atoms with van der Waals surface area (Å²) in [5.74, 6) is 0.138. The van der Waals surface area contributed by atoms with Gasteiger partial charge in [0.15, 0.2) is 5.78 Å². The molecule has 3 rings (SSSR count). The van der Waals surface area contributed by atoms with Crippen LogP contribution in [0.5, 0.6) is 0 Å². The lowest BCUT2D eigenvalue weighted by molar-refractivity contribution is 0.0428. The quantitative estimate of drug-likeness (QED) is 0.462. The molecule has 0 amide bonds. The van der Waals surface area contributed by atoms with Crippen molar-refractivity contribution in [3.8, 4) is 0 Å². The van der Waals surface area contributed by atoms with Crippen LogP contribution in [0.2, 0.25) is 17.1 Å². The van der Waals surface area contributed by atoms with Gasteiger partial charge in [-0.3, -0.25) is 4.79 Å². The van der Waals surface area contributed by atoms with E-state index in [-0.39, 0.29) is 18.0 Å². The zero-order chi connectivity index (χ0) is 19.4. The highest BCUT2D eigenvalue weighted by atomic mass is 28.3. The van der Waals surface area contributed by atoms with Crippen LogP contribution in [0.25, 0.3) is 0 Å². The molecular formula is C24H32O2Si. The minimum atomic E-state index is -1.77. The molecule has 0 saturated carbocycles. The molecule has 27 heavy (non-hydrogen) atoms. The second kappa shape index (κ2) is 8.53. The predicted molar refractivity (Wildman–Crippen MR) is 116 cm³/mol. The second-order valence-corrected chi connectivity index (χ2v) is 13.9. The molecule has 0 aliphatic carbocycles. The van der Waals surface area contributed by atoms with Gasteiger partial charge in [0.2, 0.25) is 0 Å². The topological polar surface area (TPSA) is 26.3 Å². The largest absolute Gasteiger partial charge is 0.367 e. The Balaban J connectivity index is 1.79. The molecule has 1 heterocycles. The fourth-order valence-electron chi connectivity index (χ4n) is 4.88. The Morgan fingerprint density at radius 1 is 0.926 bits per heavy atom. The minimum Gasteiger partial charge on any atom is -0.367 e. The van der Waals surface area contributed by atoms with E-state index in [0.29, 0.717) is 11.1 Å². The SMILES string of the molecule is CC(C)[Si](C[C@H]1CC[C@H](C(=O)c2ccccc2)O1)(c1ccccc1)C(C)C. The molecule has 0 radical (unpaired) electrons. The van der Waals surface area contributed by atoms with Gasteiger partial charge >= 0.3 is 0 Å². The number of benzene rings is 2. The number of carbonyl (C=O) groups excluding carboxylic acids is 1. The van der Waals surface area contributed by atoms with Gasteiger partial charge in [0.25, 0.3) is 0 Å². The molecule has 0 aromatic heterocycles. The maximum absolute atomic E-state index is 12.8. The van der Waals surface area contributed by atoms with E-state index in [1.807, 2.05) is 30.3 Å². The van der Waals surface area contributed by atoms with Gasteiger partial charge in [0.05, 0.1) is 14.2 Å². The Morgan fingerprint density at radius 2 is 1.48 bits per heavy atom. The Hall–Kier alpha value is -1.71. The maximum Gasteiger partial charge on any atom is 0.191 e. The minimum absolute atomic E-state index is 0.138. The molecule has 0 bridgehead atoms. The molecule has 1 saturated heterocycles. The number of hydrogen-bond donors (Lipinski definition) is 0. The standard InChI is InChI=1S/C24H32O2Si/c1-18(2)27(19(3)4,22-13-9-6-10-14-22)17-21-15-16-23(26-21)24(25)20-11-7-5-8-12-20/h5-14,18-19,21,23H,15-17H2,1-4H3/t21-,23-/m1/s1. The highest BCUT2D eigenvalue weighted by Crippen LogP contribution is 2.40. The van der Waals surface area contributed by atoms with Gasteiger partial charge in [-0.25, -0.2) is 0 Å². The molecule has 3 heteroatoms. The molecule has 2 atom stereocenters. The number of rotatable bonds is 7. The molecule has 0 N–H and O–H groups in total. The Morgan fingerprint density at radius 3 is 2.04 bits per heavy atom. The Bertz CT molecular complexity index is 731. The summed E-state index contributed by atoms with van der Waals surface area (Å²) in [6.07, 6.45) is 1.75. The number of ether oxygens (including phenoxy) is 1. The van der Waals surface area contributed by atoms with Crippen molar-refractivity contribution < 1.29 is 9.53 Å². The van der Waals surface area contributed by atoms with E-state index in [2.05, 4.69) is 58.0 Å². The third-order valence-electron chi connectivity index (χ3n) is 6.40. The molecule has 1 aliphatic rings. The van der Waals surface area contributed by atoms with Crippen molar-refractivity contribution in [3.63, 3.8) is 0 Å². The molecular weight excluding hydrogens is 348 g/mol. The first-order chi connectivity index (χ1) is 12.9. The zero-order valence-electron chi connectivity index (χ0n) is 17.0. The van der Waals surface area contributed by atoms with E-state index in [1.165, 1.54) is 5.19 Å². The molecule has 0 spiro atoms. The average Bonchev–Trinajstić information content (AvgIpc) is 3.15. The molecule has 2 aromatic rings. The number of ketones is 1. The second-order valence-electron chi connectivity index (χ2n) is 8.47. The summed E-state index contributed by atoms with van der Waals surface area (Å²) in [7, 11) is -1.77. The monoisotopic (exact) mass is 380 g/mol. The van der Waals surface area contributed by atoms with Gasteiger partial charge in [-0.2, -0.15) is 0 Å². The van der Waals surface area contributed by atoms with Crippen molar-refractivity contribution >= 4 is 19.0 Å². The van der Waals surface area contributed by atoms with Gasteiger partial charge in [-0.15, -0.1) is 0 Å². The third kappa shape index (κ3) is 4.09. The number of Topliss-reactive ketones (excluding diaryl/α,β-unsaturated/α-hetero) is 1. The van der Waals surface area contributed by atoms with Crippen LogP contribution in [0.15, 0.2) is 60.7 Å². The van der Waals surface area contributed by atoms with E-state index in [9.17, 15) is 4.79 Å². The van der Waals surface area contributed by atoms with Crippen molar-refractivity contribution in [1.82, 2.24) is 0 Å². The van der Waals surface area contributed by atoms with Crippen LogP contribution >= 0.6 is 0 Å². The van der Waals surface area contributed by atoms with Gasteiger partial charge in [-0.05, 0) is 30.0 Å². The summed E-state index contributed by atoms with van der Waals surface area (Å²) in [4.78, 5) is 12.8. The first-order valence-corrected chi connectivity index (χ1v) is 12.6. The highest BCUT2D eigenvalue weighted by molar-refractivity contribution is 6.94. The van der Waals surface area contributed by atoms with Crippen molar-refractivity contribution in [2.24, 2.45) is 0 Å². The van der Waals surface area contributed by atoms with Crippen molar-refractivity contribution in [1.29, 1.82) is 0 Å². The first-order valence-electron chi connectivity index (χ1n) is 10.3. The van der Waals surface area contributed by atoms with E-state index in [1.54, 1.807) is 0 Å². The molecule has 0 unspecified atom stereocenters. The van der Waals surface area contributed by atoms with E-state index in [0.717, 1.165) is 24.4 Å². The van der Waals surface area contributed by atoms with Crippen LogP contribution in [0, 0.1) is 0 Å². The maximum atomic E-state index is 12.8. The summed E-state index contributed by atoms with van der Waals surface area (Å²) in [6, 6.07) is 21.7. The number of hydrogen-bond acceptors (Lipinski definition) is 2. The van der Waals surface area contributed by atoms with Crippen LogP contribution in [0.3, 0.4) is 0 Å². The summed E-state index contributed by atoms with van der Waals surface area (Å²) in [5.41, 5.74) is 2.03. The average molecular weight is 381 g/mol. The van der Waals surface area contributed by atoms with Gasteiger partial charge in [-0.1, -0.05) is 93.5 Å². The van der Waals surface area contributed by atoms with Crippen LogP contribution in [-0.4, -0.2) is 26.1 Å². The van der Waals surface area contributed by atoms with Crippen LogP contribution in [0.1, 0.15) is 50.9 Å². The summed E-state index contributed by atoms with van der Waals surface area (Å²) >= 11 is 0. The van der Waals surface area contributed by atoms with E-state index < -0.39 is 8.07 Å². The van der Waals surface area contributed by atoms with Crippen LogP contribution < -0.4 is 5.19 Å². The van der Waals surface area contributed by atoms with Crippen LogP contribution in [-0.2, 0) is 4.74 Å². The van der Waals surface area contributed by atoms with Gasteiger partial charge in [0.1, 0.15) is 6.10 Å².